The van der Waals surface area contributed by atoms with E-state index in [0.717, 1.165) is 16.6 Å². The van der Waals surface area contributed by atoms with Crippen molar-refractivity contribution >= 4 is 22.7 Å². The van der Waals surface area contributed by atoms with Crippen molar-refractivity contribution in [2.45, 2.75) is 20.8 Å². The lowest BCUT2D eigenvalue weighted by Crippen LogP contribution is -2.05. The molecule has 1 aromatic heterocycles. The Balaban J connectivity index is 2.07. The van der Waals surface area contributed by atoms with Crippen molar-refractivity contribution in [2.75, 3.05) is 5.32 Å². The Bertz CT molecular complexity index is 881. The number of oxazole rings is 1. The summed E-state index contributed by atoms with van der Waals surface area (Å²) in [4.78, 5) is 15.5. The number of carbonyl (C=O) groups is 1. The lowest BCUT2D eigenvalue weighted by molar-refractivity contribution is -0.114. The van der Waals surface area contributed by atoms with Gasteiger partial charge in [0.05, 0.1) is 5.56 Å². The highest BCUT2D eigenvalue weighted by atomic mass is 16.3. The van der Waals surface area contributed by atoms with Crippen LogP contribution in [0.5, 0.6) is 5.75 Å². The van der Waals surface area contributed by atoms with E-state index in [1.165, 1.54) is 13.0 Å². The molecule has 5 nitrogen and oxygen atoms in total. The van der Waals surface area contributed by atoms with Crippen LogP contribution < -0.4 is 5.32 Å². The van der Waals surface area contributed by atoms with Gasteiger partial charge in [-0.15, -0.1) is 0 Å². The first-order valence-corrected chi connectivity index (χ1v) is 6.93. The van der Waals surface area contributed by atoms with Gasteiger partial charge in [0.2, 0.25) is 11.8 Å². The highest BCUT2D eigenvalue weighted by molar-refractivity contribution is 5.89. The Morgan fingerprint density at radius 2 is 2.00 bits per heavy atom. The van der Waals surface area contributed by atoms with E-state index in [4.69, 9.17) is 4.42 Å². The van der Waals surface area contributed by atoms with E-state index in [1.54, 1.807) is 12.1 Å². The van der Waals surface area contributed by atoms with Gasteiger partial charge < -0.3 is 14.8 Å². The Hall–Kier alpha value is -2.82. The fourth-order valence-electron chi connectivity index (χ4n) is 2.49. The zero-order valence-electron chi connectivity index (χ0n) is 12.6. The fraction of sp³-hybridized carbons (Fsp3) is 0.176. The van der Waals surface area contributed by atoms with Gasteiger partial charge >= 0.3 is 0 Å². The van der Waals surface area contributed by atoms with Crippen LogP contribution in [-0.4, -0.2) is 16.0 Å². The summed E-state index contributed by atoms with van der Waals surface area (Å²) in [7, 11) is 0. The highest BCUT2D eigenvalue weighted by Crippen LogP contribution is 2.34. The topological polar surface area (TPSA) is 75.4 Å². The predicted molar refractivity (Wildman–Crippen MR) is 84.9 cm³/mol. The smallest absolute Gasteiger partial charge is 0.231 e. The van der Waals surface area contributed by atoms with E-state index in [2.05, 4.69) is 10.3 Å². The molecule has 0 saturated heterocycles. The predicted octanol–water partition coefficient (Wildman–Crippen LogP) is 3.78. The minimum atomic E-state index is -0.194. The summed E-state index contributed by atoms with van der Waals surface area (Å²) in [6.07, 6.45) is 0. The number of rotatable bonds is 2. The van der Waals surface area contributed by atoms with E-state index in [0.29, 0.717) is 22.7 Å². The molecule has 3 rings (SSSR count). The van der Waals surface area contributed by atoms with Crippen molar-refractivity contribution in [3.8, 4) is 17.2 Å². The van der Waals surface area contributed by atoms with Gasteiger partial charge in [0.25, 0.3) is 0 Å². The molecule has 112 valence electrons. The quantitative estimate of drug-likeness (QED) is 0.754. The van der Waals surface area contributed by atoms with Crippen LogP contribution in [0, 0.1) is 13.8 Å². The van der Waals surface area contributed by atoms with Crippen LogP contribution in [0.2, 0.25) is 0 Å². The molecule has 0 aliphatic carbocycles. The van der Waals surface area contributed by atoms with Crippen LogP contribution in [-0.2, 0) is 4.79 Å². The molecule has 0 unspecified atom stereocenters. The first-order valence-electron chi connectivity index (χ1n) is 6.93. The largest absolute Gasteiger partial charge is 0.507 e. The molecule has 2 aromatic carbocycles. The summed E-state index contributed by atoms with van der Waals surface area (Å²) in [6, 6.07) is 8.82. The van der Waals surface area contributed by atoms with Crippen LogP contribution in [0.1, 0.15) is 18.1 Å². The number of aromatic hydroxyl groups is 1. The molecule has 0 aliphatic heterocycles. The Morgan fingerprint density at radius 1 is 1.23 bits per heavy atom. The number of hydrogen-bond acceptors (Lipinski definition) is 4. The van der Waals surface area contributed by atoms with E-state index in [-0.39, 0.29) is 11.7 Å². The molecule has 0 atom stereocenters. The first-order chi connectivity index (χ1) is 10.4. The van der Waals surface area contributed by atoms with Gasteiger partial charge in [0, 0.05) is 18.7 Å². The van der Waals surface area contributed by atoms with E-state index in [9.17, 15) is 9.90 Å². The van der Waals surface area contributed by atoms with Crippen molar-refractivity contribution < 1.29 is 14.3 Å². The molecule has 0 bridgehead atoms. The third-order valence-electron chi connectivity index (χ3n) is 3.37. The van der Waals surface area contributed by atoms with Gasteiger partial charge in [-0.25, -0.2) is 4.98 Å². The van der Waals surface area contributed by atoms with Crippen LogP contribution in [0.4, 0.5) is 5.69 Å². The van der Waals surface area contributed by atoms with Gasteiger partial charge in [-0.3, -0.25) is 4.79 Å². The maximum Gasteiger partial charge on any atom is 0.231 e. The number of amides is 1. The number of aromatic nitrogens is 1. The Kier molecular flexibility index (Phi) is 3.33. The number of aryl methyl sites for hydroxylation is 2. The average Bonchev–Trinajstić information content (AvgIpc) is 2.81. The normalized spacial score (nSPS) is 10.9. The lowest BCUT2D eigenvalue weighted by atomic mass is 10.1. The molecular weight excluding hydrogens is 280 g/mol. The van der Waals surface area contributed by atoms with Gasteiger partial charge in [0.15, 0.2) is 5.58 Å². The monoisotopic (exact) mass is 296 g/mol. The highest BCUT2D eigenvalue weighted by Gasteiger charge is 2.14. The van der Waals surface area contributed by atoms with Crippen molar-refractivity contribution in [1.29, 1.82) is 0 Å². The van der Waals surface area contributed by atoms with E-state index < -0.39 is 0 Å². The average molecular weight is 296 g/mol. The van der Waals surface area contributed by atoms with Gasteiger partial charge in [-0.05, 0) is 43.2 Å². The third-order valence-corrected chi connectivity index (χ3v) is 3.37. The standard InChI is InChI=1S/C17H16N2O3/c1-9-6-10(2)16-14(7-9)19-17(22-16)13-5-4-12(8-15(13)21)18-11(3)20/h4-8,21H,1-3H3,(H,18,20). The summed E-state index contributed by atoms with van der Waals surface area (Å²) in [5, 5.41) is 12.8. The van der Waals surface area contributed by atoms with E-state index in [1.807, 2.05) is 26.0 Å². The molecule has 1 amide bonds. The van der Waals surface area contributed by atoms with Crippen molar-refractivity contribution in [1.82, 2.24) is 4.98 Å². The number of nitrogens with one attached hydrogen (secondary N) is 1. The molecule has 1 heterocycles. The fourth-order valence-corrected chi connectivity index (χ4v) is 2.49. The molecule has 0 fully saturated rings. The molecule has 2 N–H and O–H groups in total. The number of anilines is 1. The van der Waals surface area contributed by atoms with Crippen molar-refractivity contribution in [2.24, 2.45) is 0 Å². The van der Waals surface area contributed by atoms with Gasteiger partial charge in [-0.1, -0.05) is 6.07 Å². The molecule has 0 aliphatic rings. The number of nitrogens with zero attached hydrogens (tertiary/aromatic N) is 1. The lowest BCUT2D eigenvalue weighted by Gasteiger charge is -2.05. The molecule has 5 heteroatoms. The van der Waals surface area contributed by atoms with Gasteiger partial charge in [-0.2, -0.15) is 0 Å². The minimum absolute atomic E-state index is 0.00665. The second kappa shape index (κ2) is 5.18. The molecule has 0 spiro atoms. The number of hydrogen-bond donors (Lipinski definition) is 2. The Morgan fingerprint density at radius 3 is 2.68 bits per heavy atom. The van der Waals surface area contributed by atoms with E-state index >= 15 is 0 Å². The summed E-state index contributed by atoms with van der Waals surface area (Å²) >= 11 is 0. The number of benzene rings is 2. The number of fused-ring (bicyclic) bond motifs is 1. The molecule has 3 aromatic rings. The summed E-state index contributed by atoms with van der Waals surface area (Å²) in [5.74, 6) is 0.169. The Labute approximate surface area is 127 Å². The zero-order valence-corrected chi connectivity index (χ0v) is 12.6. The van der Waals surface area contributed by atoms with Crippen molar-refractivity contribution in [3.05, 3.63) is 41.5 Å². The van der Waals surface area contributed by atoms with Crippen LogP contribution in [0.3, 0.4) is 0 Å². The second-order valence-electron chi connectivity index (χ2n) is 5.36. The summed E-state index contributed by atoms with van der Waals surface area (Å²) in [5.41, 5.74) is 4.60. The number of phenols is 1. The maximum absolute atomic E-state index is 11.0. The molecule has 22 heavy (non-hydrogen) atoms. The summed E-state index contributed by atoms with van der Waals surface area (Å²) < 4.78 is 5.78. The van der Waals surface area contributed by atoms with Crippen LogP contribution in [0.25, 0.3) is 22.6 Å². The second-order valence-corrected chi connectivity index (χ2v) is 5.36. The molecule has 0 radical (unpaired) electrons. The molecule has 0 saturated carbocycles. The molecular formula is C17H16N2O3. The SMILES string of the molecule is CC(=O)Nc1ccc(-c2nc3cc(C)cc(C)c3o2)c(O)c1. The minimum Gasteiger partial charge on any atom is -0.507 e. The number of carbonyl (C=O) groups excluding carboxylic acids is 1. The van der Waals surface area contributed by atoms with Crippen LogP contribution in [0.15, 0.2) is 34.7 Å². The number of phenolic OH excluding ortho intramolecular Hbond substituents is 1. The van der Waals surface area contributed by atoms with Crippen molar-refractivity contribution in [3.63, 3.8) is 0 Å². The van der Waals surface area contributed by atoms with Crippen LogP contribution >= 0.6 is 0 Å². The summed E-state index contributed by atoms with van der Waals surface area (Å²) in [6.45, 7) is 5.38. The first kappa shape index (κ1) is 14.1. The van der Waals surface area contributed by atoms with Gasteiger partial charge in [0.1, 0.15) is 11.3 Å². The third kappa shape index (κ3) is 2.53. The zero-order chi connectivity index (χ0) is 15.9. The maximum atomic E-state index is 11.0.